The summed E-state index contributed by atoms with van der Waals surface area (Å²) in [6.45, 7) is 2.30. The van der Waals surface area contributed by atoms with Crippen LogP contribution in [0.5, 0.6) is 0 Å². The number of aromatic nitrogens is 2. The summed E-state index contributed by atoms with van der Waals surface area (Å²) in [5.41, 5.74) is 6.24. The molecule has 6 heteroatoms. The third kappa shape index (κ3) is 1.79. The molecule has 0 aliphatic carbocycles. The predicted octanol–water partition coefficient (Wildman–Crippen LogP) is 0.164. The quantitative estimate of drug-likeness (QED) is 0.785. The summed E-state index contributed by atoms with van der Waals surface area (Å²) in [5.74, 6) is 0.154. The van der Waals surface area contributed by atoms with E-state index in [9.17, 15) is 4.79 Å². The summed E-state index contributed by atoms with van der Waals surface area (Å²) >= 11 is 0. The van der Waals surface area contributed by atoms with Crippen LogP contribution in [0.15, 0.2) is 23.7 Å². The molecule has 1 aromatic rings. The van der Waals surface area contributed by atoms with Gasteiger partial charge >= 0.3 is 0 Å². The Balaban J connectivity index is 2.24. The van der Waals surface area contributed by atoms with Crippen molar-refractivity contribution in [3.05, 3.63) is 18.6 Å². The number of nitrogens with zero attached hydrogens (tertiary/aromatic N) is 4. The van der Waals surface area contributed by atoms with Crippen LogP contribution in [0, 0.1) is 5.92 Å². The molecule has 2 heterocycles. The van der Waals surface area contributed by atoms with Gasteiger partial charge in [0.25, 0.3) is 5.91 Å². The third-order valence-electron chi connectivity index (χ3n) is 2.49. The first-order valence-corrected chi connectivity index (χ1v) is 5.09. The fourth-order valence-corrected chi connectivity index (χ4v) is 1.67. The topological polar surface area (TPSA) is 84.5 Å². The van der Waals surface area contributed by atoms with Gasteiger partial charge in [-0.25, -0.2) is 4.98 Å². The minimum absolute atomic E-state index is 0.0801. The molecule has 1 atom stereocenters. The van der Waals surface area contributed by atoms with Crippen LogP contribution in [0.2, 0.25) is 0 Å². The fourth-order valence-electron chi connectivity index (χ4n) is 1.67. The van der Waals surface area contributed by atoms with Crippen molar-refractivity contribution in [1.29, 1.82) is 0 Å². The Morgan fingerprint density at radius 3 is 2.94 bits per heavy atom. The maximum absolute atomic E-state index is 12.0. The first-order valence-electron chi connectivity index (χ1n) is 5.09. The second-order valence-electron chi connectivity index (χ2n) is 3.58. The van der Waals surface area contributed by atoms with E-state index in [0.717, 1.165) is 5.71 Å². The highest BCUT2D eigenvalue weighted by molar-refractivity contribution is 6.14. The van der Waals surface area contributed by atoms with Crippen molar-refractivity contribution in [1.82, 2.24) is 9.97 Å². The van der Waals surface area contributed by atoms with Crippen LogP contribution in [0.25, 0.3) is 0 Å². The number of nitrogens with two attached hydrogens (primary N) is 1. The van der Waals surface area contributed by atoms with Gasteiger partial charge in [-0.2, -0.15) is 10.1 Å². The SMILES string of the molecule is CC1=NN(c2cnccn2)C(=O)C1CCN. The van der Waals surface area contributed by atoms with Crippen molar-refractivity contribution in [3.63, 3.8) is 0 Å². The van der Waals surface area contributed by atoms with Crippen molar-refractivity contribution >= 4 is 17.4 Å². The first-order chi connectivity index (χ1) is 7.74. The zero-order chi connectivity index (χ0) is 11.5. The minimum atomic E-state index is -0.216. The van der Waals surface area contributed by atoms with Crippen molar-refractivity contribution in [3.8, 4) is 0 Å². The number of amides is 1. The van der Waals surface area contributed by atoms with Crippen LogP contribution in [-0.2, 0) is 4.79 Å². The van der Waals surface area contributed by atoms with Gasteiger partial charge in [0.1, 0.15) is 0 Å². The van der Waals surface area contributed by atoms with Crippen molar-refractivity contribution in [2.24, 2.45) is 16.8 Å². The van der Waals surface area contributed by atoms with Crippen LogP contribution < -0.4 is 10.7 Å². The van der Waals surface area contributed by atoms with Gasteiger partial charge in [-0.05, 0) is 19.9 Å². The van der Waals surface area contributed by atoms with E-state index in [2.05, 4.69) is 15.1 Å². The lowest BCUT2D eigenvalue weighted by molar-refractivity contribution is -0.119. The van der Waals surface area contributed by atoms with E-state index in [1.54, 1.807) is 6.20 Å². The molecule has 1 amide bonds. The maximum atomic E-state index is 12.0. The molecule has 1 aromatic heterocycles. The van der Waals surface area contributed by atoms with Gasteiger partial charge in [0.05, 0.1) is 12.1 Å². The Morgan fingerprint density at radius 2 is 2.31 bits per heavy atom. The molecular formula is C10H13N5O. The Labute approximate surface area is 93.2 Å². The molecule has 0 fully saturated rings. The molecule has 0 spiro atoms. The summed E-state index contributed by atoms with van der Waals surface area (Å²) in [6, 6.07) is 0. The average Bonchev–Trinajstić information content (AvgIpc) is 2.59. The fraction of sp³-hybridized carbons (Fsp3) is 0.400. The number of carbonyl (C=O) groups excluding carboxylic acids is 1. The average molecular weight is 219 g/mol. The van der Waals surface area contributed by atoms with Crippen molar-refractivity contribution in [2.45, 2.75) is 13.3 Å². The van der Waals surface area contributed by atoms with E-state index in [1.807, 2.05) is 6.92 Å². The zero-order valence-electron chi connectivity index (χ0n) is 9.00. The van der Waals surface area contributed by atoms with E-state index in [1.165, 1.54) is 17.4 Å². The van der Waals surface area contributed by atoms with E-state index >= 15 is 0 Å². The van der Waals surface area contributed by atoms with Gasteiger partial charge < -0.3 is 5.73 Å². The molecule has 2 N–H and O–H groups in total. The molecule has 1 unspecified atom stereocenters. The molecule has 0 aromatic carbocycles. The number of hydrazone groups is 1. The highest BCUT2D eigenvalue weighted by Crippen LogP contribution is 2.22. The first kappa shape index (κ1) is 10.7. The molecular weight excluding hydrogens is 206 g/mol. The molecule has 2 rings (SSSR count). The van der Waals surface area contributed by atoms with Crippen LogP contribution >= 0.6 is 0 Å². The van der Waals surface area contributed by atoms with Crippen LogP contribution in [0.4, 0.5) is 5.82 Å². The van der Waals surface area contributed by atoms with E-state index in [0.29, 0.717) is 18.8 Å². The molecule has 0 saturated carbocycles. The number of hydrogen-bond donors (Lipinski definition) is 1. The normalized spacial score (nSPS) is 20.1. The Kier molecular flexibility index (Phi) is 2.91. The van der Waals surface area contributed by atoms with Gasteiger partial charge in [0.15, 0.2) is 5.82 Å². The van der Waals surface area contributed by atoms with E-state index < -0.39 is 0 Å². The second-order valence-corrected chi connectivity index (χ2v) is 3.58. The minimum Gasteiger partial charge on any atom is -0.330 e. The Hall–Kier alpha value is -1.82. The molecule has 1 aliphatic rings. The molecule has 6 nitrogen and oxygen atoms in total. The lowest BCUT2D eigenvalue weighted by Gasteiger charge is -2.11. The molecule has 0 radical (unpaired) electrons. The number of hydrogen-bond acceptors (Lipinski definition) is 5. The van der Waals surface area contributed by atoms with Crippen molar-refractivity contribution < 1.29 is 4.79 Å². The monoisotopic (exact) mass is 219 g/mol. The Morgan fingerprint density at radius 1 is 1.50 bits per heavy atom. The highest BCUT2D eigenvalue weighted by Gasteiger charge is 2.34. The third-order valence-corrected chi connectivity index (χ3v) is 2.49. The van der Waals surface area contributed by atoms with E-state index in [4.69, 9.17) is 5.73 Å². The lowest BCUT2D eigenvalue weighted by Crippen LogP contribution is -2.29. The molecule has 84 valence electrons. The standard InChI is InChI=1S/C10H13N5O/c1-7-8(2-3-11)10(16)15(14-7)9-6-12-4-5-13-9/h4-6,8H,2-3,11H2,1H3. The highest BCUT2D eigenvalue weighted by atomic mass is 16.2. The summed E-state index contributed by atoms with van der Waals surface area (Å²) < 4.78 is 0. The lowest BCUT2D eigenvalue weighted by atomic mass is 10.0. The largest absolute Gasteiger partial charge is 0.330 e. The number of anilines is 1. The zero-order valence-corrected chi connectivity index (χ0v) is 9.00. The summed E-state index contributed by atoms with van der Waals surface area (Å²) in [5, 5.41) is 5.48. The molecule has 0 bridgehead atoms. The molecule has 16 heavy (non-hydrogen) atoms. The van der Waals surface area contributed by atoms with Gasteiger partial charge in [-0.3, -0.25) is 9.78 Å². The molecule has 0 saturated heterocycles. The van der Waals surface area contributed by atoms with Crippen LogP contribution in [-0.4, -0.2) is 28.1 Å². The summed E-state index contributed by atoms with van der Waals surface area (Å²) in [7, 11) is 0. The molecule has 1 aliphatic heterocycles. The predicted molar refractivity (Wildman–Crippen MR) is 59.8 cm³/mol. The van der Waals surface area contributed by atoms with E-state index in [-0.39, 0.29) is 11.8 Å². The number of carbonyl (C=O) groups is 1. The van der Waals surface area contributed by atoms with Crippen LogP contribution in [0.3, 0.4) is 0 Å². The maximum Gasteiger partial charge on any atom is 0.257 e. The summed E-state index contributed by atoms with van der Waals surface area (Å²) in [4.78, 5) is 19.9. The van der Waals surface area contributed by atoms with Gasteiger partial charge in [0, 0.05) is 18.1 Å². The summed E-state index contributed by atoms with van der Waals surface area (Å²) in [6.07, 6.45) is 5.21. The van der Waals surface area contributed by atoms with Gasteiger partial charge in [-0.1, -0.05) is 0 Å². The second kappa shape index (κ2) is 4.36. The van der Waals surface area contributed by atoms with Crippen LogP contribution in [0.1, 0.15) is 13.3 Å². The van der Waals surface area contributed by atoms with Gasteiger partial charge in [0.2, 0.25) is 0 Å². The smallest absolute Gasteiger partial charge is 0.257 e. The Bertz CT molecular complexity index is 416. The number of rotatable bonds is 3. The van der Waals surface area contributed by atoms with Gasteiger partial charge in [-0.15, -0.1) is 0 Å². The van der Waals surface area contributed by atoms with Crippen molar-refractivity contribution in [2.75, 3.05) is 11.6 Å².